The lowest BCUT2D eigenvalue weighted by Crippen LogP contribution is -2.48. The van der Waals surface area contributed by atoms with Crippen LogP contribution in [0.1, 0.15) is 6.92 Å². The van der Waals surface area contributed by atoms with Crippen molar-refractivity contribution in [2.45, 2.75) is 13.0 Å². The Morgan fingerprint density at radius 3 is 3.10 bits per heavy atom. The zero-order valence-electron chi connectivity index (χ0n) is 11.0. The molecule has 1 saturated heterocycles. The molecule has 1 aromatic rings. The molecule has 1 aliphatic rings. The van der Waals surface area contributed by atoms with Gasteiger partial charge in [0, 0.05) is 11.6 Å². The first kappa shape index (κ1) is 15.6. The van der Waals surface area contributed by atoms with Crippen LogP contribution in [0, 0.1) is 0 Å². The molecular formula is C13H16BrClN2O3. The van der Waals surface area contributed by atoms with Gasteiger partial charge in [-0.05, 0) is 35.0 Å². The van der Waals surface area contributed by atoms with Gasteiger partial charge in [-0.1, -0.05) is 11.6 Å². The normalized spacial score (nSPS) is 18.6. The second-order valence-electron chi connectivity index (χ2n) is 4.27. The van der Waals surface area contributed by atoms with Gasteiger partial charge in [0.2, 0.25) is 5.91 Å². The van der Waals surface area contributed by atoms with Crippen LogP contribution in [0.2, 0.25) is 5.02 Å². The Kier molecular flexibility index (Phi) is 5.65. The monoisotopic (exact) mass is 362 g/mol. The molecule has 1 fully saturated rings. The Balaban J connectivity index is 2.16. The van der Waals surface area contributed by atoms with E-state index in [1.54, 1.807) is 12.1 Å². The largest absolute Gasteiger partial charge is 0.491 e. The van der Waals surface area contributed by atoms with Crippen LogP contribution in [0.3, 0.4) is 0 Å². The lowest BCUT2D eigenvalue weighted by Gasteiger charge is -2.23. The molecule has 2 N–H and O–H groups in total. The molecule has 0 bridgehead atoms. The third kappa shape index (κ3) is 3.85. The van der Waals surface area contributed by atoms with Gasteiger partial charge in [0.25, 0.3) is 0 Å². The number of carbonyl (C=O) groups excluding carboxylic acids is 1. The van der Waals surface area contributed by atoms with Gasteiger partial charge in [0.1, 0.15) is 6.04 Å². The highest BCUT2D eigenvalue weighted by atomic mass is 79.9. The fraction of sp³-hybridized carbons (Fsp3) is 0.462. The van der Waals surface area contributed by atoms with Crippen molar-refractivity contribution in [3.8, 4) is 5.75 Å². The predicted molar refractivity (Wildman–Crippen MR) is 81.6 cm³/mol. The summed E-state index contributed by atoms with van der Waals surface area (Å²) in [5.74, 6) is 0.404. The van der Waals surface area contributed by atoms with Crippen molar-refractivity contribution in [3.05, 3.63) is 21.6 Å². The van der Waals surface area contributed by atoms with Gasteiger partial charge in [-0.3, -0.25) is 4.79 Å². The molecule has 1 amide bonds. The van der Waals surface area contributed by atoms with E-state index >= 15 is 0 Å². The second kappa shape index (κ2) is 7.26. The summed E-state index contributed by atoms with van der Waals surface area (Å²) in [5.41, 5.74) is 0.545. The number of anilines is 1. The molecule has 5 nitrogen and oxygen atoms in total. The first-order chi connectivity index (χ1) is 9.61. The van der Waals surface area contributed by atoms with Crippen LogP contribution in [0.15, 0.2) is 16.6 Å². The van der Waals surface area contributed by atoms with Crippen LogP contribution in [0.4, 0.5) is 5.69 Å². The van der Waals surface area contributed by atoms with Gasteiger partial charge in [0.15, 0.2) is 5.75 Å². The van der Waals surface area contributed by atoms with Crippen LogP contribution in [-0.4, -0.2) is 38.3 Å². The summed E-state index contributed by atoms with van der Waals surface area (Å²) in [4.78, 5) is 12.2. The van der Waals surface area contributed by atoms with Crippen molar-refractivity contribution < 1.29 is 14.3 Å². The van der Waals surface area contributed by atoms with Crippen molar-refractivity contribution in [3.63, 3.8) is 0 Å². The summed E-state index contributed by atoms with van der Waals surface area (Å²) < 4.78 is 11.5. The summed E-state index contributed by atoms with van der Waals surface area (Å²) in [7, 11) is 0. The van der Waals surface area contributed by atoms with E-state index in [0.717, 1.165) is 0 Å². The van der Waals surface area contributed by atoms with Crippen LogP contribution < -0.4 is 15.4 Å². The number of nitrogens with one attached hydrogen (secondary N) is 2. The van der Waals surface area contributed by atoms with Gasteiger partial charge in [0.05, 0.1) is 30.0 Å². The van der Waals surface area contributed by atoms with Crippen molar-refractivity contribution in [2.24, 2.45) is 0 Å². The first-order valence-corrected chi connectivity index (χ1v) is 7.52. The second-order valence-corrected chi connectivity index (χ2v) is 5.56. The Bertz CT molecular complexity index is 493. The number of rotatable bonds is 4. The zero-order valence-corrected chi connectivity index (χ0v) is 13.4. The molecular weight excluding hydrogens is 348 g/mol. The van der Waals surface area contributed by atoms with E-state index in [9.17, 15) is 4.79 Å². The summed E-state index contributed by atoms with van der Waals surface area (Å²) in [6.45, 7) is 4.01. The number of carbonyl (C=O) groups is 1. The minimum absolute atomic E-state index is 0.167. The van der Waals surface area contributed by atoms with Gasteiger partial charge in [-0.2, -0.15) is 0 Å². The Morgan fingerprint density at radius 2 is 2.45 bits per heavy atom. The third-order valence-corrected chi connectivity index (χ3v) is 3.60. The number of benzene rings is 1. The number of ether oxygens (including phenoxy) is 2. The van der Waals surface area contributed by atoms with E-state index in [-0.39, 0.29) is 11.9 Å². The van der Waals surface area contributed by atoms with Crippen LogP contribution in [-0.2, 0) is 9.53 Å². The predicted octanol–water partition coefficient (Wildman–Crippen LogP) is 2.43. The molecule has 1 atom stereocenters. The molecule has 2 rings (SSSR count). The number of hydrogen-bond acceptors (Lipinski definition) is 4. The molecule has 0 saturated carbocycles. The van der Waals surface area contributed by atoms with E-state index in [2.05, 4.69) is 26.6 Å². The molecule has 0 radical (unpaired) electrons. The third-order valence-electron chi connectivity index (χ3n) is 2.79. The van der Waals surface area contributed by atoms with E-state index in [0.29, 0.717) is 47.3 Å². The maximum atomic E-state index is 12.2. The van der Waals surface area contributed by atoms with Gasteiger partial charge in [-0.15, -0.1) is 0 Å². The lowest BCUT2D eigenvalue weighted by molar-refractivity contribution is -0.120. The van der Waals surface area contributed by atoms with Crippen molar-refractivity contribution in [2.75, 3.05) is 31.7 Å². The molecule has 110 valence electrons. The fourth-order valence-corrected chi connectivity index (χ4v) is 2.82. The number of hydrogen-bond donors (Lipinski definition) is 2. The van der Waals surface area contributed by atoms with Crippen molar-refractivity contribution in [1.29, 1.82) is 0 Å². The highest BCUT2D eigenvalue weighted by molar-refractivity contribution is 9.10. The van der Waals surface area contributed by atoms with Crippen molar-refractivity contribution >= 4 is 39.1 Å². The van der Waals surface area contributed by atoms with Gasteiger partial charge >= 0.3 is 0 Å². The molecule has 1 unspecified atom stereocenters. The number of amides is 1. The molecule has 0 aliphatic carbocycles. The average molecular weight is 364 g/mol. The standard InChI is InChI=1S/C13H16BrClN2O3/c1-2-20-12-9(14)5-8(15)6-10(12)17-13(18)11-7-19-4-3-16-11/h5-6,11,16H,2-4,7H2,1H3,(H,17,18). The summed E-state index contributed by atoms with van der Waals surface area (Å²) in [5, 5.41) is 6.44. The van der Waals surface area contributed by atoms with E-state index in [1.807, 2.05) is 6.92 Å². The zero-order chi connectivity index (χ0) is 14.5. The molecule has 0 spiro atoms. The average Bonchev–Trinajstić information content (AvgIpc) is 2.43. The summed E-state index contributed by atoms with van der Waals surface area (Å²) in [6.07, 6.45) is 0. The van der Waals surface area contributed by atoms with Crippen LogP contribution >= 0.6 is 27.5 Å². The van der Waals surface area contributed by atoms with Crippen LogP contribution in [0.25, 0.3) is 0 Å². The Labute approximate surface area is 131 Å². The van der Waals surface area contributed by atoms with Crippen LogP contribution in [0.5, 0.6) is 5.75 Å². The fourth-order valence-electron chi connectivity index (χ4n) is 1.90. The highest BCUT2D eigenvalue weighted by Crippen LogP contribution is 2.36. The maximum absolute atomic E-state index is 12.2. The number of morpholine rings is 1. The lowest BCUT2D eigenvalue weighted by atomic mass is 10.2. The first-order valence-electron chi connectivity index (χ1n) is 6.35. The Hall–Kier alpha value is -0.820. The minimum Gasteiger partial charge on any atom is -0.491 e. The molecule has 1 heterocycles. The molecule has 7 heteroatoms. The van der Waals surface area contributed by atoms with E-state index in [1.165, 1.54) is 0 Å². The van der Waals surface area contributed by atoms with E-state index in [4.69, 9.17) is 21.1 Å². The molecule has 1 aromatic carbocycles. The maximum Gasteiger partial charge on any atom is 0.244 e. The van der Waals surface area contributed by atoms with Gasteiger partial charge in [-0.25, -0.2) is 0 Å². The summed E-state index contributed by atoms with van der Waals surface area (Å²) >= 11 is 9.40. The molecule has 20 heavy (non-hydrogen) atoms. The summed E-state index contributed by atoms with van der Waals surface area (Å²) in [6, 6.07) is 3.03. The van der Waals surface area contributed by atoms with E-state index < -0.39 is 0 Å². The van der Waals surface area contributed by atoms with Crippen molar-refractivity contribution in [1.82, 2.24) is 5.32 Å². The number of halogens is 2. The molecule has 0 aromatic heterocycles. The topological polar surface area (TPSA) is 59.6 Å². The highest BCUT2D eigenvalue weighted by Gasteiger charge is 2.23. The quantitative estimate of drug-likeness (QED) is 0.862. The smallest absolute Gasteiger partial charge is 0.244 e. The van der Waals surface area contributed by atoms with Gasteiger partial charge < -0.3 is 20.1 Å². The minimum atomic E-state index is -0.365. The SMILES string of the molecule is CCOc1c(Br)cc(Cl)cc1NC(=O)C1COCCN1. The Morgan fingerprint density at radius 1 is 1.65 bits per heavy atom. The molecule has 1 aliphatic heterocycles.